The van der Waals surface area contributed by atoms with Crippen LogP contribution in [0.15, 0.2) is 35.1 Å². The van der Waals surface area contributed by atoms with Crippen LogP contribution < -0.4 is 11.0 Å². The van der Waals surface area contributed by atoms with Gasteiger partial charge in [-0.25, -0.2) is 4.79 Å². The normalized spacial score (nSPS) is 10.9. The van der Waals surface area contributed by atoms with Gasteiger partial charge in [0.2, 0.25) is 0 Å². The number of aromatic amines is 2. The second-order valence-corrected chi connectivity index (χ2v) is 5.54. The average molecular weight is 295 g/mol. The summed E-state index contributed by atoms with van der Waals surface area (Å²) in [6.45, 7) is 5.88. The van der Waals surface area contributed by atoms with Gasteiger partial charge in [-0.1, -0.05) is 6.07 Å². The molecule has 0 aliphatic rings. The number of nitrogens with one attached hydrogen (secondary N) is 3. The molecule has 2 aromatic carbocycles. The van der Waals surface area contributed by atoms with Crippen molar-refractivity contribution in [3.63, 3.8) is 0 Å². The molecule has 0 bridgehead atoms. The molecule has 0 spiro atoms. The molecule has 5 heteroatoms. The molecule has 1 amide bonds. The second-order valence-electron chi connectivity index (χ2n) is 5.54. The van der Waals surface area contributed by atoms with Crippen LogP contribution in [0.2, 0.25) is 0 Å². The van der Waals surface area contributed by atoms with Gasteiger partial charge in [-0.2, -0.15) is 0 Å². The molecule has 0 aliphatic carbocycles. The minimum Gasteiger partial charge on any atom is -0.322 e. The van der Waals surface area contributed by atoms with Gasteiger partial charge in [-0.3, -0.25) is 4.79 Å². The number of anilines is 1. The summed E-state index contributed by atoms with van der Waals surface area (Å²) in [6, 6.07) is 9.22. The summed E-state index contributed by atoms with van der Waals surface area (Å²) in [7, 11) is 0. The molecular weight excluding hydrogens is 278 g/mol. The third-order valence-corrected chi connectivity index (χ3v) is 3.88. The summed E-state index contributed by atoms with van der Waals surface area (Å²) >= 11 is 0. The summed E-state index contributed by atoms with van der Waals surface area (Å²) in [6.07, 6.45) is 0. The molecule has 0 aliphatic heterocycles. The Labute approximate surface area is 127 Å². The lowest BCUT2D eigenvalue weighted by atomic mass is 10.1. The van der Waals surface area contributed by atoms with E-state index in [1.807, 2.05) is 45.0 Å². The van der Waals surface area contributed by atoms with E-state index >= 15 is 0 Å². The first-order valence-electron chi connectivity index (χ1n) is 7.05. The zero-order valence-electron chi connectivity index (χ0n) is 12.7. The first kappa shape index (κ1) is 14.1. The Hall–Kier alpha value is -2.82. The van der Waals surface area contributed by atoms with E-state index in [1.54, 1.807) is 6.07 Å². The van der Waals surface area contributed by atoms with E-state index in [4.69, 9.17) is 0 Å². The van der Waals surface area contributed by atoms with Crippen molar-refractivity contribution in [2.75, 3.05) is 5.32 Å². The van der Waals surface area contributed by atoms with Gasteiger partial charge in [0.25, 0.3) is 5.91 Å². The summed E-state index contributed by atoms with van der Waals surface area (Å²) in [5.41, 5.74) is 5.56. The van der Waals surface area contributed by atoms with Crippen LogP contribution >= 0.6 is 0 Å². The summed E-state index contributed by atoms with van der Waals surface area (Å²) in [4.78, 5) is 29.1. The first-order valence-corrected chi connectivity index (χ1v) is 7.05. The molecule has 112 valence electrons. The monoisotopic (exact) mass is 295 g/mol. The highest BCUT2D eigenvalue weighted by Crippen LogP contribution is 2.21. The van der Waals surface area contributed by atoms with Gasteiger partial charge in [0.1, 0.15) is 0 Å². The van der Waals surface area contributed by atoms with E-state index in [1.165, 1.54) is 0 Å². The second kappa shape index (κ2) is 5.18. The number of hydrogen-bond donors (Lipinski definition) is 3. The van der Waals surface area contributed by atoms with Gasteiger partial charge in [-0.05, 0) is 61.7 Å². The lowest BCUT2D eigenvalue weighted by Crippen LogP contribution is -2.13. The van der Waals surface area contributed by atoms with E-state index in [9.17, 15) is 9.59 Å². The van der Waals surface area contributed by atoms with E-state index in [-0.39, 0.29) is 11.6 Å². The molecule has 0 fully saturated rings. The van der Waals surface area contributed by atoms with E-state index in [2.05, 4.69) is 15.3 Å². The Morgan fingerprint density at radius 1 is 0.909 bits per heavy atom. The first-order chi connectivity index (χ1) is 10.4. The summed E-state index contributed by atoms with van der Waals surface area (Å²) in [5, 5.41) is 2.90. The lowest BCUT2D eigenvalue weighted by molar-refractivity contribution is 0.102. The van der Waals surface area contributed by atoms with Crippen LogP contribution in [0.1, 0.15) is 27.0 Å². The predicted molar refractivity (Wildman–Crippen MR) is 87.5 cm³/mol. The number of aromatic nitrogens is 2. The van der Waals surface area contributed by atoms with Crippen LogP contribution in [-0.2, 0) is 0 Å². The van der Waals surface area contributed by atoms with Gasteiger partial charge in [0, 0.05) is 11.3 Å². The molecule has 1 heterocycles. The quantitative estimate of drug-likeness (QED) is 0.679. The van der Waals surface area contributed by atoms with Crippen molar-refractivity contribution in [2.45, 2.75) is 20.8 Å². The third kappa shape index (κ3) is 2.53. The Balaban J connectivity index is 1.94. The fourth-order valence-corrected chi connectivity index (χ4v) is 2.40. The maximum atomic E-state index is 12.4. The summed E-state index contributed by atoms with van der Waals surface area (Å²) < 4.78 is 0. The fraction of sp³-hybridized carbons (Fsp3) is 0.176. The molecule has 22 heavy (non-hydrogen) atoms. The zero-order valence-corrected chi connectivity index (χ0v) is 12.7. The van der Waals surface area contributed by atoms with E-state index in [0.717, 1.165) is 22.2 Å². The van der Waals surface area contributed by atoms with Gasteiger partial charge in [0.15, 0.2) is 0 Å². The Kier molecular flexibility index (Phi) is 3.33. The standard InChI is InChI=1S/C17H17N3O2/c1-9-4-5-12(6-10(9)2)16(21)18-13-8-15-14(7-11(13)3)19-17(22)20-15/h4-8H,1-3H3,(H,18,21)(H2,19,20,22). The lowest BCUT2D eigenvalue weighted by Gasteiger charge is -2.10. The zero-order chi connectivity index (χ0) is 15.9. The molecule has 5 nitrogen and oxygen atoms in total. The molecule has 1 aromatic heterocycles. The molecule has 3 N–H and O–H groups in total. The highest BCUT2D eigenvalue weighted by Gasteiger charge is 2.10. The van der Waals surface area contributed by atoms with E-state index in [0.29, 0.717) is 16.8 Å². The number of fused-ring (bicyclic) bond motifs is 1. The van der Waals surface area contributed by atoms with Gasteiger partial charge >= 0.3 is 5.69 Å². The van der Waals surface area contributed by atoms with Gasteiger partial charge in [0.05, 0.1) is 11.0 Å². The third-order valence-electron chi connectivity index (χ3n) is 3.88. The minimum atomic E-state index is -0.257. The van der Waals surface area contributed by atoms with Crippen LogP contribution in [0.25, 0.3) is 11.0 Å². The maximum absolute atomic E-state index is 12.4. The van der Waals surface area contributed by atoms with Crippen molar-refractivity contribution in [2.24, 2.45) is 0 Å². The average Bonchev–Trinajstić information content (AvgIpc) is 2.81. The molecule has 0 atom stereocenters. The highest BCUT2D eigenvalue weighted by molar-refractivity contribution is 6.05. The Morgan fingerprint density at radius 3 is 2.27 bits per heavy atom. The van der Waals surface area contributed by atoms with Crippen LogP contribution in [0.3, 0.4) is 0 Å². The molecule has 0 saturated heterocycles. The number of carbonyl (C=O) groups excluding carboxylic acids is 1. The number of hydrogen-bond acceptors (Lipinski definition) is 2. The number of benzene rings is 2. The number of amides is 1. The van der Waals surface area contributed by atoms with Crippen LogP contribution in [0.4, 0.5) is 5.69 Å². The number of rotatable bonds is 2. The molecular formula is C17H17N3O2. The largest absolute Gasteiger partial charge is 0.323 e. The van der Waals surface area contributed by atoms with Crippen LogP contribution in [0, 0.1) is 20.8 Å². The summed E-state index contributed by atoms with van der Waals surface area (Å²) in [5.74, 6) is -0.163. The molecule has 0 saturated carbocycles. The van der Waals surface area contributed by atoms with E-state index < -0.39 is 0 Å². The number of imidazole rings is 1. The number of carbonyl (C=O) groups is 1. The van der Waals surface area contributed by atoms with Gasteiger partial charge in [-0.15, -0.1) is 0 Å². The molecule has 3 rings (SSSR count). The Morgan fingerprint density at radius 2 is 1.59 bits per heavy atom. The van der Waals surface area contributed by atoms with Crippen LogP contribution in [0.5, 0.6) is 0 Å². The van der Waals surface area contributed by atoms with Crippen molar-refractivity contribution in [1.82, 2.24) is 9.97 Å². The molecule has 0 radical (unpaired) electrons. The van der Waals surface area contributed by atoms with Crippen molar-refractivity contribution in [3.05, 3.63) is 63.1 Å². The minimum absolute atomic E-state index is 0.163. The molecule has 0 unspecified atom stereocenters. The number of aryl methyl sites for hydroxylation is 3. The van der Waals surface area contributed by atoms with Gasteiger partial charge < -0.3 is 15.3 Å². The fourth-order valence-electron chi connectivity index (χ4n) is 2.40. The topological polar surface area (TPSA) is 77.8 Å². The van der Waals surface area contributed by atoms with Crippen molar-refractivity contribution in [3.8, 4) is 0 Å². The van der Waals surface area contributed by atoms with Crippen LogP contribution in [-0.4, -0.2) is 15.9 Å². The molecule has 3 aromatic rings. The highest BCUT2D eigenvalue weighted by atomic mass is 16.2. The van der Waals surface area contributed by atoms with Crippen molar-refractivity contribution < 1.29 is 4.79 Å². The van der Waals surface area contributed by atoms with Crippen molar-refractivity contribution in [1.29, 1.82) is 0 Å². The Bertz CT molecular complexity index is 935. The number of H-pyrrole nitrogens is 2. The van der Waals surface area contributed by atoms with Crippen molar-refractivity contribution >= 4 is 22.6 Å². The SMILES string of the molecule is Cc1ccc(C(=O)Nc2cc3[nH]c(=O)[nH]c3cc2C)cc1C. The maximum Gasteiger partial charge on any atom is 0.323 e. The smallest absolute Gasteiger partial charge is 0.322 e. The predicted octanol–water partition coefficient (Wildman–Crippen LogP) is 3.03.